The highest BCUT2D eigenvalue weighted by Gasteiger charge is 2.41. The lowest BCUT2D eigenvalue weighted by atomic mass is 10.2. The smallest absolute Gasteiger partial charge is 0.324 e. The molecule has 0 radical (unpaired) electrons. The van der Waals surface area contributed by atoms with E-state index in [1.54, 1.807) is 0 Å². The number of methoxy groups -OCH3 is 1. The fraction of sp³-hybridized carbons (Fsp3) is 0.429. The van der Waals surface area contributed by atoms with Crippen LogP contribution in [0, 0.1) is 0 Å². The fourth-order valence-electron chi connectivity index (χ4n) is 2.90. The van der Waals surface area contributed by atoms with Crippen LogP contribution >= 0.6 is 11.6 Å². The van der Waals surface area contributed by atoms with E-state index in [9.17, 15) is 18.0 Å². The predicted molar refractivity (Wildman–Crippen MR) is 85.4 cm³/mol. The molecule has 8 nitrogen and oxygen atoms in total. The second-order valence-electron chi connectivity index (χ2n) is 5.52. The fourth-order valence-corrected chi connectivity index (χ4v) is 4.74. The minimum absolute atomic E-state index is 0.0455. The highest BCUT2D eigenvalue weighted by atomic mass is 35.5. The van der Waals surface area contributed by atoms with E-state index in [1.165, 1.54) is 29.6 Å². The number of nitrogens with one attached hydrogen (secondary N) is 1. The number of carbonyl (C=O) groups excluding carboxylic acids is 2. The summed E-state index contributed by atoms with van der Waals surface area (Å²) >= 11 is 6.00. The number of ether oxygens (including phenoxy) is 1. The van der Waals surface area contributed by atoms with Gasteiger partial charge in [-0.3, -0.25) is 9.69 Å². The lowest BCUT2D eigenvalue weighted by Gasteiger charge is -2.21. The normalized spacial score (nSPS) is 22.1. The molecule has 10 heteroatoms. The van der Waals surface area contributed by atoms with Gasteiger partial charge in [-0.1, -0.05) is 11.6 Å². The summed E-state index contributed by atoms with van der Waals surface area (Å²) in [6.45, 7) is 0.259. The summed E-state index contributed by atoms with van der Waals surface area (Å²) in [6, 6.07) is 3.30. The van der Waals surface area contributed by atoms with Crippen molar-refractivity contribution in [2.24, 2.45) is 0 Å². The van der Waals surface area contributed by atoms with Gasteiger partial charge in [0.25, 0.3) is 0 Å². The Morgan fingerprint density at radius 1 is 1.33 bits per heavy atom. The molecule has 1 unspecified atom stereocenters. The van der Waals surface area contributed by atoms with Crippen LogP contribution < -0.4 is 10.1 Å². The van der Waals surface area contributed by atoms with Gasteiger partial charge in [0, 0.05) is 13.1 Å². The molecule has 2 aliphatic heterocycles. The Bertz CT molecular complexity index is 782. The number of halogens is 1. The zero-order valence-electron chi connectivity index (χ0n) is 12.9. The monoisotopic (exact) mass is 373 g/mol. The van der Waals surface area contributed by atoms with Crippen molar-refractivity contribution in [3.63, 3.8) is 0 Å². The second kappa shape index (κ2) is 6.23. The Morgan fingerprint density at radius 3 is 2.67 bits per heavy atom. The molecule has 0 aromatic heterocycles. The summed E-state index contributed by atoms with van der Waals surface area (Å²) in [7, 11) is -2.32. The number of sulfonamides is 1. The topological polar surface area (TPSA) is 96.0 Å². The predicted octanol–water partition coefficient (Wildman–Crippen LogP) is 0.663. The standard InChI is InChI=1S/C14H16ClN3O5S/c1-23-12-3-2-10(6-11(12)15)24(21,22)17-5-4-9(8-17)18-13(19)7-16-14(18)20/h2-3,6,9H,4-5,7-8H2,1H3,(H,16,20). The van der Waals surface area contributed by atoms with Crippen molar-refractivity contribution in [1.82, 2.24) is 14.5 Å². The van der Waals surface area contributed by atoms with Gasteiger partial charge in [0.15, 0.2) is 0 Å². The third-order valence-electron chi connectivity index (χ3n) is 4.13. The molecule has 3 amide bonds. The third kappa shape index (κ3) is 2.83. The lowest BCUT2D eigenvalue weighted by molar-refractivity contribution is -0.126. The molecule has 1 atom stereocenters. The first kappa shape index (κ1) is 17.0. The SMILES string of the molecule is COc1ccc(S(=O)(=O)N2CCC(N3C(=O)CNC3=O)C2)cc1Cl. The highest BCUT2D eigenvalue weighted by molar-refractivity contribution is 7.89. The third-order valence-corrected chi connectivity index (χ3v) is 6.29. The van der Waals surface area contributed by atoms with E-state index in [0.29, 0.717) is 12.2 Å². The number of rotatable bonds is 4. The van der Waals surface area contributed by atoms with Crippen LogP contribution in [0.4, 0.5) is 4.79 Å². The largest absolute Gasteiger partial charge is 0.495 e. The number of nitrogens with zero attached hydrogens (tertiary/aromatic N) is 2. The maximum Gasteiger partial charge on any atom is 0.324 e. The molecule has 3 rings (SSSR count). The van der Waals surface area contributed by atoms with Crippen molar-refractivity contribution in [3.8, 4) is 5.75 Å². The van der Waals surface area contributed by atoms with Crippen LogP contribution in [-0.4, -0.2) is 62.3 Å². The molecule has 0 spiro atoms. The van der Waals surface area contributed by atoms with E-state index >= 15 is 0 Å². The summed E-state index contributed by atoms with van der Waals surface area (Å²) in [5, 5.41) is 2.64. The molecule has 130 valence electrons. The Hall–Kier alpha value is -1.84. The quantitative estimate of drug-likeness (QED) is 0.782. The van der Waals surface area contributed by atoms with Gasteiger partial charge in [0.2, 0.25) is 15.9 Å². The Kier molecular flexibility index (Phi) is 4.41. The van der Waals surface area contributed by atoms with E-state index in [4.69, 9.17) is 16.3 Å². The zero-order chi connectivity index (χ0) is 17.5. The van der Waals surface area contributed by atoms with Crippen LogP contribution in [0.1, 0.15) is 6.42 Å². The molecule has 24 heavy (non-hydrogen) atoms. The van der Waals surface area contributed by atoms with Crippen LogP contribution in [0.5, 0.6) is 5.75 Å². The van der Waals surface area contributed by atoms with Gasteiger partial charge < -0.3 is 10.1 Å². The van der Waals surface area contributed by atoms with Crippen molar-refractivity contribution < 1.29 is 22.7 Å². The molecule has 1 aromatic carbocycles. The van der Waals surface area contributed by atoms with Crippen molar-refractivity contribution in [3.05, 3.63) is 23.2 Å². The van der Waals surface area contributed by atoms with Crippen molar-refractivity contribution in [1.29, 1.82) is 0 Å². The molecule has 2 saturated heterocycles. The molecule has 1 aromatic rings. The molecular weight excluding hydrogens is 358 g/mol. The first-order chi connectivity index (χ1) is 11.3. The lowest BCUT2D eigenvalue weighted by Crippen LogP contribution is -2.42. The van der Waals surface area contributed by atoms with Crippen molar-refractivity contribution >= 4 is 33.6 Å². The molecule has 0 bridgehead atoms. The number of hydrogen-bond acceptors (Lipinski definition) is 5. The molecule has 2 aliphatic rings. The second-order valence-corrected chi connectivity index (χ2v) is 7.87. The summed E-state index contributed by atoms with van der Waals surface area (Å²) < 4.78 is 31.7. The van der Waals surface area contributed by atoms with Gasteiger partial charge in [0.1, 0.15) is 5.75 Å². The van der Waals surface area contributed by atoms with Crippen LogP contribution in [0.3, 0.4) is 0 Å². The Balaban J connectivity index is 1.80. The molecule has 0 aliphatic carbocycles. The van der Waals surface area contributed by atoms with E-state index in [1.807, 2.05) is 0 Å². The van der Waals surface area contributed by atoms with Gasteiger partial charge >= 0.3 is 6.03 Å². The van der Waals surface area contributed by atoms with Gasteiger partial charge in [-0.2, -0.15) is 4.31 Å². The molecular formula is C14H16ClN3O5S. The first-order valence-corrected chi connectivity index (χ1v) is 9.10. The minimum Gasteiger partial charge on any atom is -0.495 e. The number of carbonyl (C=O) groups is 2. The van der Waals surface area contributed by atoms with Crippen LogP contribution in [0.2, 0.25) is 5.02 Å². The number of imide groups is 1. The maximum atomic E-state index is 12.7. The first-order valence-electron chi connectivity index (χ1n) is 7.28. The molecule has 1 N–H and O–H groups in total. The number of amides is 3. The number of urea groups is 1. The van der Waals surface area contributed by atoms with Crippen LogP contribution in [-0.2, 0) is 14.8 Å². The van der Waals surface area contributed by atoms with Gasteiger partial charge in [-0.05, 0) is 24.6 Å². The van der Waals surface area contributed by atoms with E-state index in [2.05, 4.69) is 5.32 Å². The van der Waals surface area contributed by atoms with Crippen molar-refractivity contribution in [2.75, 3.05) is 26.7 Å². The molecule has 2 fully saturated rings. The Labute approximate surface area is 144 Å². The summed E-state index contributed by atoms with van der Waals surface area (Å²) in [5.41, 5.74) is 0. The van der Waals surface area contributed by atoms with E-state index in [-0.39, 0.29) is 35.5 Å². The van der Waals surface area contributed by atoms with Gasteiger partial charge in [0.05, 0.1) is 29.6 Å². The summed E-state index contributed by atoms with van der Waals surface area (Å²) in [5.74, 6) is 0.0472. The van der Waals surface area contributed by atoms with Gasteiger partial charge in [-0.15, -0.1) is 0 Å². The van der Waals surface area contributed by atoms with Gasteiger partial charge in [-0.25, -0.2) is 13.2 Å². The van der Waals surface area contributed by atoms with Crippen LogP contribution in [0.25, 0.3) is 0 Å². The Morgan fingerprint density at radius 2 is 2.08 bits per heavy atom. The highest BCUT2D eigenvalue weighted by Crippen LogP contribution is 2.30. The van der Waals surface area contributed by atoms with E-state index in [0.717, 1.165) is 4.90 Å². The number of benzene rings is 1. The van der Waals surface area contributed by atoms with Crippen molar-refractivity contribution in [2.45, 2.75) is 17.4 Å². The summed E-state index contributed by atoms with van der Waals surface area (Å²) in [6.07, 6.45) is 0.405. The maximum absolute atomic E-state index is 12.7. The molecule has 0 saturated carbocycles. The average molecular weight is 374 g/mol. The molecule has 2 heterocycles. The number of hydrogen-bond donors (Lipinski definition) is 1. The zero-order valence-corrected chi connectivity index (χ0v) is 14.4. The summed E-state index contributed by atoms with van der Waals surface area (Å²) in [4.78, 5) is 24.6. The average Bonchev–Trinajstić information content (AvgIpc) is 3.14. The minimum atomic E-state index is -3.76. The van der Waals surface area contributed by atoms with E-state index < -0.39 is 22.1 Å². The van der Waals surface area contributed by atoms with Crippen LogP contribution in [0.15, 0.2) is 23.1 Å².